The van der Waals surface area contributed by atoms with Crippen LogP contribution in [0.2, 0.25) is 5.02 Å². The van der Waals surface area contributed by atoms with Gasteiger partial charge in [0.15, 0.2) is 0 Å². The van der Waals surface area contributed by atoms with Crippen molar-refractivity contribution in [3.63, 3.8) is 0 Å². The number of benzene rings is 1. The fourth-order valence-electron chi connectivity index (χ4n) is 6.80. The van der Waals surface area contributed by atoms with E-state index >= 15 is 0 Å². The summed E-state index contributed by atoms with van der Waals surface area (Å²) in [6, 6.07) is 2.96. The van der Waals surface area contributed by atoms with E-state index in [0.29, 0.717) is 63.9 Å². The second kappa shape index (κ2) is 16.7. The van der Waals surface area contributed by atoms with Crippen LogP contribution in [0.4, 0.5) is 4.79 Å². The number of methoxy groups -OCH3 is 1. The molecule has 1 saturated heterocycles. The lowest BCUT2D eigenvalue weighted by Crippen LogP contribution is -2.59. The maximum atomic E-state index is 14.1. The van der Waals surface area contributed by atoms with Crippen molar-refractivity contribution >= 4 is 61.9 Å². The van der Waals surface area contributed by atoms with Gasteiger partial charge in [-0.05, 0) is 56.6 Å². The molecule has 4 atom stereocenters. The summed E-state index contributed by atoms with van der Waals surface area (Å²) in [5.74, 6) is 1.57. The highest BCUT2D eigenvalue weighted by Crippen LogP contribution is 2.46. The van der Waals surface area contributed by atoms with Gasteiger partial charge in [-0.2, -0.15) is 12.7 Å². The monoisotopic (exact) mass is 811 g/mol. The molecule has 2 aliphatic heterocycles. The fourth-order valence-corrected chi connectivity index (χ4v) is 9.43. The fraction of sp³-hybridized carbons (Fsp3) is 0.500. The summed E-state index contributed by atoms with van der Waals surface area (Å²) < 4.78 is 41.8. The number of hydrogen-bond donors (Lipinski definition) is 3. The van der Waals surface area contributed by atoms with E-state index in [9.17, 15) is 22.8 Å². The summed E-state index contributed by atoms with van der Waals surface area (Å²) in [5, 5.41) is 9.18. The first-order valence-electron chi connectivity index (χ1n) is 18.3. The summed E-state index contributed by atoms with van der Waals surface area (Å²) in [4.78, 5) is 52.4. The van der Waals surface area contributed by atoms with Gasteiger partial charge in [-0.25, -0.2) is 19.5 Å². The lowest BCUT2D eigenvalue weighted by atomic mass is 10.1. The van der Waals surface area contributed by atoms with Gasteiger partial charge in [-0.3, -0.25) is 9.59 Å². The van der Waals surface area contributed by atoms with Crippen molar-refractivity contribution in [1.29, 1.82) is 0 Å². The van der Waals surface area contributed by atoms with Crippen molar-refractivity contribution in [3.05, 3.63) is 46.4 Å². The van der Waals surface area contributed by atoms with Crippen molar-refractivity contribution in [2.45, 2.75) is 82.3 Å². The highest BCUT2D eigenvalue weighted by atomic mass is 35.5. The first-order chi connectivity index (χ1) is 26.3. The van der Waals surface area contributed by atoms with Gasteiger partial charge in [0.2, 0.25) is 5.91 Å². The van der Waals surface area contributed by atoms with Gasteiger partial charge < -0.3 is 25.0 Å². The van der Waals surface area contributed by atoms with E-state index in [1.807, 2.05) is 17.5 Å². The Balaban J connectivity index is 1.27. The number of thiazole rings is 1. The zero-order valence-corrected chi connectivity index (χ0v) is 33.7. The van der Waals surface area contributed by atoms with Gasteiger partial charge in [0.1, 0.15) is 38.8 Å². The van der Waals surface area contributed by atoms with Crippen molar-refractivity contribution in [2.24, 2.45) is 5.92 Å². The lowest BCUT2D eigenvalue weighted by Gasteiger charge is -2.27. The number of amides is 4. The molecule has 0 bridgehead atoms. The van der Waals surface area contributed by atoms with E-state index in [4.69, 9.17) is 37.5 Å². The molecule has 294 valence electrons. The average Bonchev–Trinajstić information content (AvgIpc) is 3.48. The molecule has 0 radical (unpaired) electrons. The van der Waals surface area contributed by atoms with Crippen LogP contribution in [0.1, 0.15) is 70.4 Å². The van der Waals surface area contributed by atoms with Crippen molar-refractivity contribution in [1.82, 2.24) is 34.5 Å². The van der Waals surface area contributed by atoms with Crippen LogP contribution in [0.3, 0.4) is 0 Å². The minimum absolute atomic E-state index is 0.00265. The van der Waals surface area contributed by atoms with Gasteiger partial charge >= 0.3 is 16.2 Å². The molecule has 2 fully saturated rings. The highest BCUT2D eigenvalue weighted by Gasteiger charge is 2.61. The van der Waals surface area contributed by atoms with Crippen LogP contribution in [-0.2, 0) is 19.8 Å². The third-order valence-electron chi connectivity index (χ3n) is 10.2. The number of carbonyl (C=O) groups is 3. The number of halogens is 1. The third kappa shape index (κ3) is 8.70. The molecule has 1 aliphatic carbocycles. The summed E-state index contributed by atoms with van der Waals surface area (Å²) >= 11 is 8.19. The molecule has 1 unspecified atom stereocenters. The second-order valence-corrected chi connectivity index (χ2v) is 17.2. The molecule has 4 amide bonds. The number of ether oxygens (including phenoxy) is 2. The standard InChI is InChI=1S/C38H46ClN7O7S2/c1-6-25-13-11-18-46(25)55(50,51)44-36(48)38-21-24(38)12-9-7-8-10-17-45(4)37(49)42-27(34(47)43-38)16-19-53-31-20-28(35-41-29(22-54-35)23(2)3)40-33-26(31)14-15-30(52-5)32(33)39/h1,9,12,14-15,20,22-25,27H,7-8,10-11,13,16-19,21H2,2-5H3,(H,42,49)(H,43,47)(H,44,48)/t24-,25?,27+,38-/m1/s1. The molecule has 3 aliphatic rings. The predicted octanol–water partition coefficient (Wildman–Crippen LogP) is 5.00. The van der Waals surface area contributed by atoms with Crippen molar-refractivity contribution in [2.75, 3.05) is 33.9 Å². The second-order valence-electron chi connectivity index (χ2n) is 14.3. The Hall–Kier alpha value is -4.43. The lowest BCUT2D eigenvalue weighted by molar-refractivity contribution is -0.130. The zero-order chi connectivity index (χ0) is 39.5. The molecular weight excluding hydrogens is 766 g/mol. The van der Waals surface area contributed by atoms with E-state index in [1.165, 1.54) is 23.3 Å². The first-order valence-corrected chi connectivity index (χ1v) is 21.0. The summed E-state index contributed by atoms with van der Waals surface area (Å²) in [6.07, 6.45) is 12.8. The quantitative estimate of drug-likeness (QED) is 0.188. The number of terminal acetylenes is 1. The summed E-state index contributed by atoms with van der Waals surface area (Å²) in [7, 11) is -1.13. The van der Waals surface area contributed by atoms with E-state index in [2.05, 4.69) is 35.1 Å². The van der Waals surface area contributed by atoms with E-state index < -0.39 is 51.6 Å². The Morgan fingerprint density at radius 2 is 2.00 bits per heavy atom. The molecule has 4 heterocycles. The number of rotatable bonds is 10. The number of aromatic nitrogens is 2. The molecule has 55 heavy (non-hydrogen) atoms. The number of fused-ring (bicyclic) bond motifs is 2. The van der Waals surface area contributed by atoms with Crippen molar-refractivity contribution in [3.8, 4) is 34.5 Å². The van der Waals surface area contributed by atoms with Gasteiger partial charge in [0.25, 0.3) is 5.91 Å². The molecule has 3 N–H and O–H groups in total. The van der Waals surface area contributed by atoms with E-state index in [-0.39, 0.29) is 31.9 Å². The molecule has 6 rings (SSSR count). The molecule has 2 aromatic heterocycles. The summed E-state index contributed by atoms with van der Waals surface area (Å²) in [5.41, 5.74) is 0.351. The van der Waals surface area contributed by atoms with Crippen molar-refractivity contribution < 1.29 is 32.3 Å². The number of urea groups is 1. The maximum absolute atomic E-state index is 14.1. The van der Waals surface area contributed by atoms with Crippen LogP contribution in [0, 0.1) is 18.3 Å². The maximum Gasteiger partial charge on any atom is 0.317 e. The molecule has 17 heteroatoms. The molecule has 14 nitrogen and oxygen atoms in total. The number of nitrogens with one attached hydrogen (secondary N) is 3. The topological polar surface area (TPSA) is 172 Å². The Bertz CT molecular complexity index is 2140. The van der Waals surface area contributed by atoms with Gasteiger partial charge in [0.05, 0.1) is 31.0 Å². The van der Waals surface area contributed by atoms with Gasteiger partial charge in [0, 0.05) is 49.3 Å². The average molecular weight is 812 g/mol. The summed E-state index contributed by atoms with van der Waals surface area (Å²) in [6.45, 7) is 4.72. The number of hydrogen-bond acceptors (Lipinski definition) is 10. The molecule has 3 aromatic rings. The Labute approximate surface area is 330 Å². The van der Waals surface area contributed by atoms with Gasteiger partial charge in [-0.15, -0.1) is 17.8 Å². The van der Waals surface area contributed by atoms with Crippen LogP contribution >= 0.6 is 22.9 Å². The molecule has 0 spiro atoms. The minimum atomic E-state index is -4.29. The van der Waals surface area contributed by atoms with E-state index in [0.717, 1.165) is 22.8 Å². The van der Waals surface area contributed by atoms with E-state index in [1.54, 1.807) is 25.2 Å². The van der Waals surface area contributed by atoms with Crippen LogP contribution < -0.4 is 24.8 Å². The highest BCUT2D eigenvalue weighted by molar-refractivity contribution is 7.87. The Kier molecular flexibility index (Phi) is 12.3. The smallest absolute Gasteiger partial charge is 0.317 e. The SMILES string of the molecule is C#CC1CCCN1S(=O)(=O)NC(=O)[C@@]12C[C@H]1C=CCCCCN(C)C(=O)N[C@@H](CCOc1cc(-c3nc(C(C)C)cs3)nc3c(Cl)c(OC)ccc13)C(=O)N2. The Morgan fingerprint density at radius 3 is 2.73 bits per heavy atom. The molecule has 1 aromatic carbocycles. The van der Waals surface area contributed by atoms with Crippen LogP contribution in [-0.4, -0.2) is 96.9 Å². The predicted molar refractivity (Wildman–Crippen MR) is 211 cm³/mol. The number of pyridine rings is 1. The number of carbonyl (C=O) groups excluding carboxylic acids is 3. The third-order valence-corrected chi connectivity index (χ3v) is 12.9. The molecular formula is C38H46ClN7O7S2. The van der Waals surface area contributed by atoms with Gasteiger partial charge in [-0.1, -0.05) is 43.5 Å². The molecule has 1 saturated carbocycles. The number of nitrogens with zero attached hydrogens (tertiary/aromatic N) is 4. The van der Waals surface area contributed by atoms with Crippen LogP contribution in [0.25, 0.3) is 21.6 Å². The minimum Gasteiger partial charge on any atom is -0.495 e. The number of allylic oxidation sites excluding steroid dienone is 1. The van der Waals surface area contributed by atoms with Crippen LogP contribution in [0.5, 0.6) is 11.5 Å². The van der Waals surface area contributed by atoms with Crippen LogP contribution in [0.15, 0.2) is 35.7 Å². The largest absolute Gasteiger partial charge is 0.495 e. The normalized spacial score (nSPS) is 23.7. The zero-order valence-electron chi connectivity index (χ0n) is 31.3. The first kappa shape index (κ1) is 40.2. The Morgan fingerprint density at radius 1 is 1.20 bits per heavy atom.